The van der Waals surface area contributed by atoms with Gasteiger partial charge in [0.05, 0.1) is 11.8 Å². The van der Waals surface area contributed by atoms with Gasteiger partial charge in [0.2, 0.25) is 11.8 Å². The number of thioether (sulfide) groups is 1. The minimum atomic E-state index is -0.0978. The number of rotatable bonds is 6. The summed E-state index contributed by atoms with van der Waals surface area (Å²) in [5.41, 5.74) is 3.07. The molecule has 0 unspecified atom stereocenters. The van der Waals surface area contributed by atoms with Crippen LogP contribution in [0.15, 0.2) is 76.4 Å². The number of hydrogen-bond donors (Lipinski definition) is 1. The first-order chi connectivity index (χ1) is 14.1. The van der Waals surface area contributed by atoms with E-state index in [2.05, 4.69) is 33.7 Å². The van der Waals surface area contributed by atoms with Crippen LogP contribution in [0.5, 0.6) is 0 Å². The lowest BCUT2D eigenvalue weighted by Crippen LogP contribution is -2.28. The van der Waals surface area contributed by atoms with Gasteiger partial charge in [0.15, 0.2) is 0 Å². The Labute approximate surface area is 173 Å². The topological polar surface area (TPSA) is 68.0 Å². The first-order valence-electron chi connectivity index (χ1n) is 9.41. The van der Waals surface area contributed by atoms with Gasteiger partial charge in [0.25, 0.3) is 5.22 Å². The molecule has 0 saturated carbocycles. The van der Waals surface area contributed by atoms with Crippen molar-refractivity contribution in [2.24, 2.45) is 0 Å². The summed E-state index contributed by atoms with van der Waals surface area (Å²) in [4.78, 5) is 12.4. The molecule has 1 N–H and O–H groups in total. The summed E-state index contributed by atoms with van der Waals surface area (Å²) < 4.78 is 5.71. The first kappa shape index (κ1) is 19.2. The van der Waals surface area contributed by atoms with E-state index < -0.39 is 0 Å². The van der Waals surface area contributed by atoms with Crippen molar-refractivity contribution in [2.75, 3.05) is 5.75 Å². The van der Waals surface area contributed by atoms with Crippen LogP contribution in [-0.4, -0.2) is 21.9 Å². The molecule has 1 atom stereocenters. The number of aromatic nitrogens is 2. The highest BCUT2D eigenvalue weighted by Gasteiger charge is 2.15. The van der Waals surface area contributed by atoms with Gasteiger partial charge in [-0.1, -0.05) is 72.4 Å². The number of nitrogens with one attached hydrogen (secondary N) is 1. The second kappa shape index (κ2) is 8.49. The molecule has 0 spiro atoms. The molecular formula is C23H21N3O2S. The number of nitrogens with zero attached hydrogens (tertiary/aromatic N) is 2. The lowest BCUT2D eigenvalue weighted by molar-refractivity contribution is -0.119. The van der Waals surface area contributed by atoms with Gasteiger partial charge in [0, 0.05) is 5.56 Å². The Morgan fingerprint density at radius 1 is 1.03 bits per heavy atom. The zero-order chi connectivity index (χ0) is 20.2. The molecule has 0 aliphatic rings. The summed E-state index contributed by atoms with van der Waals surface area (Å²) in [6.45, 7) is 3.99. The van der Waals surface area contributed by atoms with Crippen molar-refractivity contribution in [1.29, 1.82) is 0 Å². The highest BCUT2D eigenvalue weighted by molar-refractivity contribution is 7.99. The molecular weight excluding hydrogens is 382 g/mol. The Hall–Kier alpha value is -3.12. The molecule has 0 fully saturated rings. The van der Waals surface area contributed by atoms with Crippen LogP contribution in [0.4, 0.5) is 0 Å². The van der Waals surface area contributed by atoms with Crippen LogP contribution in [0, 0.1) is 6.92 Å². The van der Waals surface area contributed by atoms with Gasteiger partial charge in [-0.15, -0.1) is 10.2 Å². The van der Waals surface area contributed by atoms with Crippen molar-refractivity contribution in [3.63, 3.8) is 0 Å². The van der Waals surface area contributed by atoms with Crippen molar-refractivity contribution in [1.82, 2.24) is 15.5 Å². The Balaban J connectivity index is 1.39. The van der Waals surface area contributed by atoms with Gasteiger partial charge in [-0.3, -0.25) is 4.79 Å². The second-order valence-electron chi connectivity index (χ2n) is 6.83. The fraction of sp³-hybridized carbons (Fsp3) is 0.174. The molecule has 3 aromatic carbocycles. The maximum absolute atomic E-state index is 12.4. The third-order valence-electron chi connectivity index (χ3n) is 4.78. The molecule has 0 bridgehead atoms. The van der Waals surface area contributed by atoms with Gasteiger partial charge in [-0.05, 0) is 41.8 Å². The Kier molecular flexibility index (Phi) is 5.62. The average molecular weight is 404 g/mol. The quantitative estimate of drug-likeness (QED) is 0.450. The summed E-state index contributed by atoms with van der Waals surface area (Å²) >= 11 is 1.24. The van der Waals surface area contributed by atoms with E-state index in [4.69, 9.17) is 4.42 Å². The van der Waals surface area contributed by atoms with Crippen LogP contribution in [0.2, 0.25) is 0 Å². The van der Waals surface area contributed by atoms with Crippen LogP contribution in [-0.2, 0) is 4.79 Å². The molecule has 146 valence electrons. The fourth-order valence-electron chi connectivity index (χ4n) is 3.31. The zero-order valence-electron chi connectivity index (χ0n) is 16.3. The van der Waals surface area contributed by atoms with E-state index in [0.29, 0.717) is 11.1 Å². The van der Waals surface area contributed by atoms with Crippen molar-refractivity contribution < 1.29 is 9.21 Å². The normalized spacial score (nSPS) is 12.1. The van der Waals surface area contributed by atoms with Crippen molar-refractivity contribution in [2.45, 2.75) is 25.1 Å². The van der Waals surface area contributed by atoms with E-state index in [0.717, 1.165) is 27.5 Å². The summed E-state index contributed by atoms with van der Waals surface area (Å²) in [6, 6.07) is 22.0. The first-order valence-corrected chi connectivity index (χ1v) is 10.4. The molecule has 1 aromatic heterocycles. The smallest absolute Gasteiger partial charge is 0.277 e. The van der Waals surface area contributed by atoms with Crippen LogP contribution in [0.1, 0.15) is 24.1 Å². The zero-order valence-corrected chi connectivity index (χ0v) is 17.1. The van der Waals surface area contributed by atoms with E-state index in [1.807, 2.05) is 62.4 Å². The Morgan fingerprint density at radius 3 is 2.66 bits per heavy atom. The molecule has 5 nitrogen and oxygen atoms in total. The predicted octanol–water partition coefficient (Wildman–Crippen LogP) is 5.17. The molecule has 1 heterocycles. The minimum Gasteiger partial charge on any atom is -0.411 e. The van der Waals surface area contributed by atoms with Gasteiger partial charge >= 0.3 is 0 Å². The molecule has 6 heteroatoms. The van der Waals surface area contributed by atoms with E-state index in [1.54, 1.807) is 0 Å². The highest BCUT2D eigenvalue weighted by atomic mass is 32.2. The minimum absolute atomic E-state index is 0.0777. The van der Waals surface area contributed by atoms with Crippen molar-refractivity contribution in [3.8, 4) is 11.5 Å². The monoisotopic (exact) mass is 403 g/mol. The number of benzene rings is 3. The van der Waals surface area contributed by atoms with Crippen molar-refractivity contribution >= 4 is 28.4 Å². The third kappa shape index (κ3) is 4.32. The van der Waals surface area contributed by atoms with Gasteiger partial charge in [-0.2, -0.15) is 0 Å². The fourth-order valence-corrected chi connectivity index (χ4v) is 3.88. The molecule has 0 radical (unpaired) electrons. The molecule has 29 heavy (non-hydrogen) atoms. The van der Waals surface area contributed by atoms with Crippen LogP contribution in [0.25, 0.3) is 22.2 Å². The number of amides is 1. The molecule has 4 rings (SSSR count). The van der Waals surface area contributed by atoms with Crippen LogP contribution < -0.4 is 5.32 Å². The van der Waals surface area contributed by atoms with E-state index in [-0.39, 0.29) is 17.7 Å². The second-order valence-corrected chi connectivity index (χ2v) is 7.76. The maximum Gasteiger partial charge on any atom is 0.277 e. The summed E-state index contributed by atoms with van der Waals surface area (Å²) in [5.74, 6) is 0.603. The van der Waals surface area contributed by atoms with Crippen LogP contribution >= 0.6 is 11.8 Å². The maximum atomic E-state index is 12.4. The predicted molar refractivity (Wildman–Crippen MR) is 116 cm³/mol. The molecule has 0 aliphatic carbocycles. The number of aryl methyl sites for hydroxylation is 1. The number of carbonyl (C=O) groups excluding carboxylic acids is 1. The number of carbonyl (C=O) groups is 1. The third-order valence-corrected chi connectivity index (χ3v) is 5.59. The number of hydrogen-bond acceptors (Lipinski definition) is 5. The molecule has 1 amide bonds. The summed E-state index contributed by atoms with van der Waals surface area (Å²) in [5, 5.41) is 13.9. The van der Waals surface area contributed by atoms with E-state index >= 15 is 0 Å². The van der Waals surface area contributed by atoms with E-state index in [1.165, 1.54) is 11.8 Å². The Bertz CT molecular complexity index is 1150. The molecule has 0 aliphatic heterocycles. The molecule has 4 aromatic rings. The highest BCUT2D eigenvalue weighted by Crippen LogP contribution is 2.26. The Morgan fingerprint density at radius 2 is 1.79 bits per heavy atom. The number of fused-ring (bicyclic) bond motifs is 1. The average Bonchev–Trinajstić information content (AvgIpc) is 3.21. The van der Waals surface area contributed by atoms with Gasteiger partial charge < -0.3 is 9.73 Å². The summed E-state index contributed by atoms with van der Waals surface area (Å²) in [7, 11) is 0. The van der Waals surface area contributed by atoms with Crippen LogP contribution in [0.3, 0.4) is 0 Å². The molecule has 0 saturated heterocycles. The summed E-state index contributed by atoms with van der Waals surface area (Å²) in [6.07, 6.45) is 0. The largest absolute Gasteiger partial charge is 0.411 e. The van der Waals surface area contributed by atoms with E-state index in [9.17, 15) is 4.79 Å². The lowest BCUT2D eigenvalue weighted by Gasteiger charge is -2.16. The standard InChI is InChI=1S/C23H21N3O2S/c1-15-8-3-5-11-18(15)22-25-26-23(28-22)29-14-21(27)24-16(2)19-13-7-10-17-9-4-6-12-20(17)19/h3-13,16H,14H2,1-2H3,(H,24,27)/t16-/m0/s1. The van der Waals surface area contributed by atoms with Gasteiger partial charge in [-0.25, -0.2) is 0 Å². The van der Waals surface area contributed by atoms with Crippen molar-refractivity contribution in [3.05, 3.63) is 77.9 Å². The lowest BCUT2D eigenvalue weighted by atomic mass is 10.00. The SMILES string of the molecule is Cc1ccccc1-c1nnc(SCC(=O)N[C@@H](C)c2cccc3ccccc23)o1. The van der Waals surface area contributed by atoms with Gasteiger partial charge in [0.1, 0.15) is 0 Å².